The number of hydrogen-bond donors (Lipinski definition) is 2. The van der Waals surface area contributed by atoms with Gasteiger partial charge < -0.3 is 15.3 Å². The van der Waals surface area contributed by atoms with Crippen LogP contribution >= 0.6 is 0 Å². The molecular formula is C13H25F3N2O. The van der Waals surface area contributed by atoms with Crippen LogP contribution in [-0.2, 0) is 0 Å². The Morgan fingerprint density at radius 1 is 1.32 bits per heavy atom. The zero-order valence-corrected chi connectivity index (χ0v) is 11.5. The molecule has 0 aromatic carbocycles. The minimum Gasteiger partial charge on any atom is -0.393 e. The number of likely N-dealkylation sites (tertiary alicyclic amines) is 1. The van der Waals surface area contributed by atoms with Crippen LogP contribution in [0.2, 0.25) is 0 Å². The number of rotatable bonds is 7. The summed E-state index contributed by atoms with van der Waals surface area (Å²) in [5, 5.41) is 12.8. The van der Waals surface area contributed by atoms with Crippen LogP contribution in [-0.4, -0.2) is 54.5 Å². The molecule has 2 N–H and O–H groups in total. The molecule has 0 bridgehead atoms. The van der Waals surface area contributed by atoms with Crippen molar-refractivity contribution in [3.8, 4) is 0 Å². The summed E-state index contributed by atoms with van der Waals surface area (Å²) in [7, 11) is 0. The number of nitrogens with zero attached hydrogens (tertiary/aromatic N) is 1. The van der Waals surface area contributed by atoms with E-state index in [2.05, 4.69) is 5.32 Å². The van der Waals surface area contributed by atoms with Gasteiger partial charge in [0, 0.05) is 12.6 Å². The largest absolute Gasteiger partial charge is 0.393 e. The molecule has 6 heteroatoms. The van der Waals surface area contributed by atoms with Crippen LogP contribution in [0.4, 0.5) is 13.2 Å². The van der Waals surface area contributed by atoms with Crippen molar-refractivity contribution in [1.29, 1.82) is 0 Å². The van der Waals surface area contributed by atoms with Crippen molar-refractivity contribution in [1.82, 2.24) is 10.2 Å². The average molecular weight is 282 g/mol. The van der Waals surface area contributed by atoms with Crippen molar-refractivity contribution in [2.45, 2.75) is 57.3 Å². The van der Waals surface area contributed by atoms with Gasteiger partial charge in [0.05, 0.1) is 12.5 Å². The Morgan fingerprint density at radius 2 is 1.95 bits per heavy atom. The maximum atomic E-state index is 12.1. The van der Waals surface area contributed by atoms with Gasteiger partial charge in [-0.05, 0) is 45.3 Å². The first-order valence-corrected chi connectivity index (χ1v) is 7.11. The Kier molecular flexibility index (Phi) is 7.10. The van der Waals surface area contributed by atoms with Crippen LogP contribution in [0.3, 0.4) is 0 Å². The lowest BCUT2D eigenvalue weighted by Gasteiger charge is -2.32. The Morgan fingerprint density at radius 3 is 2.47 bits per heavy atom. The highest BCUT2D eigenvalue weighted by Gasteiger charge is 2.28. The van der Waals surface area contributed by atoms with E-state index in [0.717, 1.165) is 45.3 Å². The molecule has 0 radical (unpaired) electrons. The van der Waals surface area contributed by atoms with Crippen molar-refractivity contribution >= 4 is 0 Å². The molecule has 1 atom stereocenters. The lowest BCUT2D eigenvalue weighted by molar-refractivity contribution is -0.138. The SMILES string of the molecule is CCC(O)CCNC1CCN(CCC(F)(F)F)CC1. The summed E-state index contributed by atoms with van der Waals surface area (Å²) in [6, 6.07) is 0.381. The van der Waals surface area contributed by atoms with Gasteiger partial charge in [0.2, 0.25) is 0 Å². The first-order valence-electron chi connectivity index (χ1n) is 7.11. The number of aliphatic hydroxyl groups excluding tert-OH is 1. The summed E-state index contributed by atoms with van der Waals surface area (Å²) in [5.74, 6) is 0. The maximum absolute atomic E-state index is 12.1. The fraction of sp³-hybridized carbons (Fsp3) is 1.00. The summed E-state index contributed by atoms with van der Waals surface area (Å²) in [6.45, 7) is 4.30. The first-order chi connectivity index (χ1) is 8.90. The van der Waals surface area contributed by atoms with Crippen molar-refractivity contribution in [2.24, 2.45) is 0 Å². The van der Waals surface area contributed by atoms with E-state index >= 15 is 0 Å². The summed E-state index contributed by atoms with van der Waals surface area (Å²) in [5.41, 5.74) is 0. The van der Waals surface area contributed by atoms with E-state index in [4.69, 9.17) is 0 Å². The molecule has 1 heterocycles. The third-order valence-electron chi connectivity index (χ3n) is 3.68. The van der Waals surface area contributed by atoms with E-state index in [1.807, 2.05) is 11.8 Å². The van der Waals surface area contributed by atoms with E-state index in [9.17, 15) is 18.3 Å². The molecule has 0 amide bonds. The van der Waals surface area contributed by atoms with E-state index in [-0.39, 0.29) is 12.6 Å². The highest BCUT2D eigenvalue weighted by atomic mass is 19.4. The third-order valence-corrected chi connectivity index (χ3v) is 3.68. The quantitative estimate of drug-likeness (QED) is 0.751. The van der Waals surface area contributed by atoms with Crippen LogP contribution in [0.15, 0.2) is 0 Å². The molecule has 0 spiro atoms. The molecule has 1 unspecified atom stereocenters. The van der Waals surface area contributed by atoms with Gasteiger partial charge in [-0.3, -0.25) is 0 Å². The van der Waals surface area contributed by atoms with Gasteiger partial charge >= 0.3 is 6.18 Å². The molecule has 1 aliphatic rings. The van der Waals surface area contributed by atoms with Crippen molar-refractivity contribution < 1.29 is 18.3 Å². The molecular weight excluding hydrogens is 257 g/mol. The van der Waals surface area contributed by atoms with E-state index in [0.29, 0.717) is 6.04 Å². The van der Waals surface area contributed by atoms with E-state index in [1.54, 1.807) is 0 Å². The van der Waals surface area contributed by atoms with E-state index < -0.39 is 12.6 Å². The molecule has 1 saturated heterocycles. The maximum Gasteiger partial charge on any atom is 0.390 e. The van der Waals surface area contributed by atoms with E-state index in [1.165, 1.54) is 0 Å². The number of halogens is 3. The van der Waals surface area contributed by atoms with Crippen LogP contribution in [0, 0.1) is 0 Å². The summed E-state index contributed by atoms with van der Waals surface area (Å²) in [6.07, 6.45) is -1.74. The second-order valence-corrected chi connectivity index (χ2v) is 5.29. The summed E-state index contributed by atoms with van der Waals surface area (Å²) in [4.78, 5) is 1.88. The van der Waals surface area contributed by atoms with Crippen LogP contribution in [0.25, 0.3) is 0 Å². The van der Waals surface area contributed by atoms with Gasteiger partial charge in [-0.2, -0.15) is 13.2 Å². The second kappa shape index (κ2) is 8.07. The van der Waals surface area contributed by atoms with Crippen LogP contribution in [0.5, 0.6) is 0 Å². The predicted octanol–water partition coefficient (Wildman–Crippen LogP) is 2.15. The average Bonchev–Trinajstić information content (AvgIpc) is 2.36. The van der Waals surface area contributed by atoms with Gasteiger partial charge in [-0.1, -0.05) is 6.92 Å². The monoisotopic (exact) mass is 282 g/mol. The number of alkyl halides is 3. The van der Waals surface area contributed by atoms with Gasteiger partial charge in [-0.25, -0.2) is 0 Å². The summed E-state index contributed by atoms with van der Waals surface area (Å²) < 4.78 is 36.3. The zero-order valence-electron chi connectivity index (χ0n) is 11.5. The standard InChI is InChI=1S/C13H25F3N2O/c1-2-12(19)3-7-17-11-4-8-18(9-5-11)10-6-13(14,15)16/h11-12,17,19H,2-10H2,1H3. The molecule has 0 saturated carbocycles. The fourth-order valence-corrected chi connectivity index (χ4v) is 2.30. The molecule has 0 aliphatic carbocycles. The number of nitrogens with one attached hydrogen (secondary N) is 1. The van der Waals surface area contributed by atoms with Gasteiger partial charge in [0.1, 0.15) is 0 Å². The molecule has 19 heavy (non-hydrogen) atoms. The summed E-state index contributed by atoms with van der Waals surface area (Å²) >= 11 is 0. The molecule has 1 fully saturated rings. The van der Waals surface area contributed by atoms with Crippen molar-refractivity contribution in [3.05, 3.63) is 0 Å². The highest BCUT2D eigenvalue weighted by molar-refractivity contribution is 4.77. The molecule has 0 aromatic rings. The minimum atomic E-state index is -4.05. The Balaban J connectivity index is 2.08. The van der Waals surface area contributed by atoms with Gasteiger partial charge in [0.15, 0.2) is 0 Å². The van der Waals surface area contributed by atoms with Crippen molar-refractivity contribution in [2.75, 3.05) is 26.2 Å². The first kappa shape index (κ1) is 16.7. The van der Waals surface area contributed by atoms with Crippen LogP contribution in [0.1, 0.15) is 39.0 Å². The Labute approximate surface area is 113 Å². The smallest absolute Gasteiger partial charge is 0.390 e. The molecule has 114 valence electrons. The molecule has 1 aliphatic heterocycles. The lowest BCUT2D eigenvalue weighted by atomic mass is 10.0. The molecule has 0 aromatic heterocycles. The fourth-order valence-electron chi connectivity index (χ4n) is 2.30. The van der Waals surface area contributed by atoms with Crippen LogP contribution < -0.4 is 5.32 Å². The third kappa shape index (κ3) is 7.74. The predicted molar refractivity (Wildman–Crippen MR) is 69.1 cm³/mol. The van der Waals surface area contributed by atoms with Gasteiger partial charge in [-0.15, -0.1) is 0 Å². The normalized spacial score (nSPS) is 20.7. The topological polar surface area (TPSA) is 35.5 Å². The Bertz CT molecular complexity index is 241. The second-order valence-electron chi connectivity index (χ2n) is 5.29. The molecule has 3 nitrogen and oxygen atoms in total. The number of aliphatic hydroxyl groups is 1. The molecule has 1 rings (SSSR count). The number of piperidine rings is 1. The lowest BCUT2D eigenvalue weighted by Crippen LogP contribution is -2.44. The highest BCUT2D eigenvalue weighted by Crippen LogP contribution is 2.21. The van der Waals surface area contributed by atoms with Crippen molar-refractivity contribution in [3.63, 3.8) is 0 Å². The zero-order chi connectivity index (χ0) is 14.3. The Hall–Kier alpha value is -0.330. The minimum absolute atomic E-state index is 0.116. The van der Waals surface area contributed by atoms with Gasteiger partial charge in [0.25, 0.3) is 0 Å². The number of hydrogen-bond acceptors (Lipinski definition) is 3.